The molecule has 2 aromatic rings. The number of ketones is 1. The van der Waals surface area contributed by atoms with E-state index in [1.165, 1.54) is 12.1 Å². The molecule has 0 amide bonds. The van der Waals surface area contributed by atoms with Gasteiger partial charge < -0.3 is 9.88 Å². The number of aromatic nitrogens is 1. The largest absolute Gasteiger partial charge is 0.416 e. The second-order valence-electron chi connectivity index (χ2n) is 5.20. The van der Waals surface area contributed by atoms with Crippen LogP contribution in [0.2, 0.25) is 0 Å². The molecule has 3 nitrogen and oxygen atoms in total. The van der Waals surface area contributed by atoms with E-state index in [-0.39, 0.29) is 18.0 Å². The number of nitrogens with one attached hydrogen (secondary N) is 1. The molecule has 0 radical (unpaired) electrons. The minimum Gasteiger partial charge on any atom is -0.378 e. The molecule has 22 heavy (non-hydrogen) atoms. The molecule has 0 spiro atoms. The normalized spacial score (nSPS) is 11.5. The first kappa shape index (κ1) is 16.1. The van der Waals surface area contributed by atoms with Gasteiger partial charge in [-0.25, -0.2) is 0 Å². The molecule has 0 aliphatic heterocycles. The van der Waals surface area contributed by atoms with Gasteiger partial charge in [0, 0.05) is 29.7 Å². The molecular weight excluding hydrogens is 293 g/mol. The Morgan fingerprint density at radius 2 is 1.91 bits per heavy atom. The van der Waals surface area contributed by atoms with Gasteiger partial charge in [0.2, 0.25) is 0 Å². The van der Waals surface area contributed by atoms with E-state index < -0.39 is 11.7 Å². The zero-order chi connectivity index (χ0) is 16.5. The van der Waals surface area contributed by atoms with Crippen molar-refractivity contribution in [1.82, 2.24) is 4.57 Å². The third kappa shape index (κ3) is 3.32. The van der Waals surface area contributed by atoms with E-state index in [9.17, 15) is 18.0 Å². The molecule has 1 heterocycles. The van der Waals surface area contributed by atoms with Gasteiger partial charge >= 0.3 is 6.18 Å². The van der Waals surface area contributed by atoms with Crippen molar-refractivity contribution in [1.29, 1.82) is 0 Å². The minimum absolute atomic E-state index is 0.0500. The molecule has 0 aliphatic rings. The average Bonchev–Trinajstić information content (AvgIpc) is 2.72. The van der Waals surface area contributed by atoms with Crippen LogP contribution in [0.1, 0.15) is 27.3 Å². The Balaban J connectivity index is 2.10. The molecule has 1 N–H and O–H groups in total. The molecule has 0 fully saturated rings. The van der Waals surface area contributed by atoms with E-state index in [1.807, 2.05) is 25.5 Å². The highest BCUT2D eigenvalue weighted by Gasteiger charge is 2.30. The summed E-state index contributed by atoms with van der Waals surface area (Å²) in [6.07, 6.45) is -4.39. The van der Waals surface area contributed by atoms with Crippen LogP contribution >= 0.6 is 0 Å². The Morgan fingerprint density at radius 3 is 2.45 bits per heavy atom. The maximum absolute atomic E-state index is 12.6. The number of hydrogen-bond donors (Lipinski definition) is 1. The summed E-state index contributed by atoms with van der Waals surface area (Å²) < 4.78 is 39.8. The SMILES string of the molecule is Cc1cc(C(=O)CNc2cccc(C(F)(F)F)c2)c(C)n1C. The number of aryl methyl sites for hydroxylation is 1. The Hall–Kier alpha value is -2.24. The highest BCUT2D eigenvalue weighted by atomic mass is 19.4. The van der Waals surface area contributed by atoms with Crippen LogP contribution in [-0.4, -0.2) is 16.9 Å². The number of alkyl halides is 3. The van der Waals surface area contributed by atoms with Gasteiger partial charge in [-0.15, -0.1) is 0 Å². The van der Waals surface area contributed by atoms with Gasteiger partial charge in [0.15, 0.2) is 5.78 Å². The van der Waals surface area contributed by atoms with Crippen LogP contribution in [0.5, 0.6) is 0 Å². The summed E-state index contributed by atoms with van der Waals surface area (Å²) in [4.78, 5) is 12.2. The molecule has 0 saturated heterocycles. The lowest BCUT2D eigenvalue weighted by Gasteiger charge is -2.10. The zero-order valence-corrected chi connectivity index (χ0v) is 12.6. The average molecular weight is 310 g/mol. The molecule has 2 rings (SSSR count). The van der Waals surface area contributed by atoms with E-state index in [0.717, 1.165) is 23.5 Å². The lowest BCUT2D eigenvalue weighted by atomic mass is 10.1. The van der Waals surface area contributed by atoms with E-state index in [1.54, 1.807) is 6.07 Å². The van der Waals surface area contributed by atoms with Crippen molar-refractivity contribution in [2.45, 2.75) is 20.0 Å². The van der Waals surface area contributed by atoms with Crippen LogP contribution in [0.15, 0.2) is 30.3 Å². The molecular formula is C16H17F3N2O. The number of halogens is 3. The van der Waals surface area contributed by atoms with Crippen LogP contribution in [0.3, 0.4) is 0 Å². The van der Waals surface area contributed by atoms with Crippen molar-refractivity contribution in [3.63, 3.8) is 0 Å². The first-order chi connectivity index (χ1) is 10.2. The number of anilines is 1. The second kappa shape index (κ2) is 5.87. The third-order valence-corrected chi connectivity index (χ3v) is 3.72. The summed E-state index contributed by atoms with van der Waals surface area (Å²) >= 11 is 0. The first-order valence-corrected chi connectivity index (χ1v) is 6.77. The van der Waals surface area contributed by atoms with Crippen molar-refractivity contribution >= 4 is 11.5 Å². The van der Waals surface area contributed by atoms with Gasteiger partial charge in [-0.2, -0.15) is 13.2 Å². The molecule has 0 unspecified atom stereocenters. The van der Waals surface area contributed by atoms with Crippen molar-refractivity contribution in [2.24, 2.45) is 7.05 Å². The van der Waals surface area contributed by atoms with Gasteiger partial charge in [0.05, 0.1) is 12.1 Å². The van der Waals surface area contributed by atoms with Crippen LogP contribution in [-0.2, 0) is 13.2 Å². The lowest BCUT2D eigenvalue weighted by molar-refractivity contribution is -0.137. The lowest BCUT2D eigenvalue weighted by Crippen LogP contribution is -2.15. The van der Waals surface area contributed by atoms with Crippen molar-refractivity contribution in [2.75, 3.05) is 11.9 Å². The number of benzene rings is 1. The fourth-order valence-corrected chi connectivity index (χ4v) is 2.22. The summed E-state index contributed by atoms with van der Waals surface area (Å²) in [5.41, 5.74) is 1.91. The van der Waals surface area contributed by atoms with Crippen LogP contribution in [0.4, 0.5) is 18.9 Å². The van der Waals surface area contributed by atoms with Gasteiger partial charge in [0.1, 0.15) is 0 Å². The van der Waals surface area contributed by atoms with Crippen LogP contribution in [0, 0.1) is 13.8 Å². The minimum atomic E-state index is -4.39. The summed E-state index contributed by atoms with van der Waals surface area (Å²) in [6, 6.07) is 6.60. The molecule has 0 bridgehead atoms. The van der Waals surface area contributed by atoms with Crippen LogP contribution < -0.4 is 5.32 Å². The molecule has 6 heteroatoms. The Morgan fingerprint density at radius 1 is 1.23 bits per heavy atom. The Kier molecular flexibility index (Phi) is 4.30. The van der Waals surface area contributed by atoms with E-state index in [2.05, 4.69) is 5.32 Å². The molecule has 118 valence electrons. The summed E-state index contributed by atoms with van der Waals surface area (Å²) in [5.74, 6) is -0.154. The van der Waals surface area contributed by atoms with Gasteiger partial charge in [-0.1, -0.05) is 6.07 Å². The van der Waals surface area contributed by atoms with Crippen molar-refractivity contribution in [3.8, 4) is 0 Å². The zero-order valence-electron chi connectivity index (χ0n) is 12.6. The maximum atomic E-state index is 12.6. The predicted molar refractivity (Wildman–Crippen MR) is 79.2 cm³/mol. The van der Waals surface area contributed by atoms with E-state index >= 15 is 0 Å². The fourth-order valence-electron chi connectivity index (χ4n) is 2.22. The third-order valence-electron chi connectivity index (χ3n) is 3.72. The Bertz CT molecular complexity index is 702. The summed E-state index contributed by atoms with van der Waals surface area (Å²) in [7, 11) is 1.86. The number of carbonyl (C=O) groups excluding carboxylic acids is 1. The number of Topliss-reactive ketones (excluding diaryl/α,β-unsaturated/α-hetero) is 1. The fraction of sp³-hybridized carbons (Fsp3) is 0.312. The van der Waals surface area contributed by atoms with Crippen molar-refractivity contribution < 1.29 is 18.0 Å². The predicted octanol–water partition coefficient (Wildman–Crippen LogP) is 3.96. The van der Waals surface area contributed by atoms with Gasteiger partial charge in [-0.3, -0.25) is 4.79 Å². The van der Waals surface area contributed by atoms with Crippen LogP contribution in [0.25, 0.3) is 0 Å². The number of rotatable bonds is 4. The quantitative estimate of drug-likeness (QED) is 0.868. The topological polar surface area (TPSA) is 34.0 Å². The smallest absolute Gasteiger partial charge is 0.378 e. The second-order valence-corrected chi connectivity index (χ2v) is 5.20. The highest BCUT2D eigenvalue weighted by molar-refractivity contribution is 6.00. The molecule has 0 atom stereocenters. The monoisotopic (exact) mass is 310 g/mol. The standard InChI is InChI=1S/C16H17F3N2O/c1-10-7-14(11(2)21(10)3)15(22)9-20-13-6-4-5-12(8-13)16(17,18)19/h4-8,20H,9H2,1-3H3. The van der Waals surface area contributed by atoms with Crippen molar-refractivity contribution in [3.05, 3.63) is 52.8 Å². The van der Waals surface area contributed by atoms with E-state index in [0.29, 0.717) is 5.56 Å². The number of carbonyl (C=O) groups is 1. The van der Waals surface area contributed by atoms with E-state index in [4.69, 9.17) is 0 Å². The summed E-state index contributed by atoms with van der Waals surface area (Å²) in [6.45, 7) is 3.68. The number of nitrogens with zero attached hydrogens (tertiary/aromatic N) is 1. The van der Waals surface area contributed by atoms with Gasteiger partial charge in [0.25, 0.3) is 0 Å². The maximum Gasteiger partial charge on any atom is 0.416 e. The highest BCUT2D eigenvalue weighted by Crippen LogP contribution is 2.30. The van der Waals surface area contributed by atoms with Gasteiger partial charge in [-0.05, 0) is 38.1 Å². The summed E-state index contributed by atoms with van der Waals surface area (Å²) in [5, 5.41) is 2.75. The molecule has 1 aromatic carbocycles. The molecule has 0 aliphatic carbocycles. The Labute approximate surface area is 126 Å². The number of hydrogen-bond acceptors (Lipinski definition) is 2. The molecule has 0 saturated carbocycles. The molecule has 1 aromatic heterocycles. The first-order valence-electron chi connectivity index (χ1n) is 6.77.